The Labute approximate surface area is 119 Å². The van der Waals surface area contributed by atoms with Gasteiger partial charge in [0.25, 0.3) is 0 Å². The summed E-state index contributed by atoms with van der Waals surface area (Å²) >= 11 is 1.75. The van der Waals surface area contributed by atoms with E-state index in [1.165, 1.54) is 0 Å². The lowest BCUT2D eigenvalue weighted by Crippen LogP contribution is -2.48. The third kappa shape index (κ3) is 3.92. The smallest absolute Gasteiger partial charge is 0.115 e. The van der Waals surface area contributed by atoms with E-state index in [0.29, 0.717) is 5.25 Å². The molecule has 2 unspecified atom stereocenters. The van der Waals surface area contributed by atoms with Crippen LogP contribution in [-0.2, 0) is 0 Å². The first-order valence-electron chi connectivity index (χ1n) is 6.87. The molecule has 0 aromatic carbocycles. The molecule has 0 spiro atoms. The molecular weight excluding hydrogens is 256 g/mol. The lowest BCUT2D eigenvalue weighted by molar-refractivity contribution is 0.304. The lowest BCUT2D eigenvalue weighted by Gasteiger charge is -2.36. The summed E-state index contributed by atoms with van der Waals surface area (Å²) in [5, 5.41) is 14.4. The molecule has 19 heavy (non-hydrogen) atoms. The van der Waals surface area contributed by atoms with Crippen LogP contribution in [0, 0.1) is 11.3 Å². The molecule has 1 aromatic heterocycles. The molecule has 1 N–H and O–H groups in total. The molecule has 2 rings (SSSR count). The van der Waals surface area contributed by atoms with E-state index in [1.54, 1.807) is 30.4 Å². The van der Waals surface area contributed by atoms with Gasteiger partial charge in [0.1, 0.15) is 10.6 Å². The van der Waals surface area contributed by atoms with Gasteiger partial charge >= 0.3 is 0 Å². The molecule has 5 heteroatoms. The summed E-state index contributed by atoms with van der Waals surface area (Å²) in [6, 6.07) is 2.51. The molecule has 0 saturated heterocycles. The minimum Gasteiger partial charge on any atom is -0.299 e. The molecule has 1 aliphatic carbocycles. The zero-order chi connectivity index (χ0) is 13.6. The quantitative estimate of drug-likeness (QED) is 0.896. The second kappa shape index (κ2) is 6.88. The van der Waals surface area contributed by atoms with Crippen molar-refractivity contribution >= 4 is 11.8 Å². The molecule has 0 bridgehead atoms. The fraction of sp³-hybridized carbons (Fsp3) is 0.643. The SMILES string of the molecule is CCCNC1(C#N)CCCC(Sc2cnccn2)C1. The molecule has 1 aliphatic rings. The van der Waals surface area contributed by atoms with Crippen molar-refractivity contribution < 1.29 is 0 Å². The molecule has 4 nitrogen and oxygen atoms in total. The number of nitriles is 1. The van der Waals surface area contributed by atoms with Crippen LogP contribution in [-0.4, -0.2) is 27.3 Å². The zero-order valence-corrected chi connectivity index (χ0v) is 12.1. The van der Waals surface area contributed by atoms with E-state index in [9.17, 15) is 5.26 Å². The summed E-state index contributed by atoms with van der Waals surface area (Å²) in [5.74, 6) is 0. The maximum absolute atomic E-state index is 9.50. The predicted molar refractivity (Wildman–Crippen MR) is 76.8 cm³/mol. The summed E-state index contributed by atoms with van der Waals surface area (Å²) in [6.45, 7) is 3.04. The van der Waals surface area contributed by atoms with Crippen LogP contribution in [0.25, 0.3) is 0 Å². The van der Waals surface area contributed by atoms with Gasteiger partial charge in [0.15, 0.2) is 0 Å². The fourth-order valence-corrected chi connectivity index (χ4v) is 3.75. The summed E-state index contributed by atoms with van der Waals surface area (Å²) in [5.41, 5.74) is -0.339. The average molecular weight is 276 g/mol. The third-order valence-corrected chi connectivity index (χ3v) is 4.65. The van der Waals surface area contributed by atoms with E-state index in [4.69, 9.17) is 0 Å². The van der Waals surface area contributed by atoms with Crippen molar-refractivity contribution in [1.82, 2.24) is 15.3 Å². The van der Waals surface area contributed by atoms with E-state index in [0.717, 1.165) is 43.7 Å². The highest BCUT2D eigenvalue weighted by atomic mass is 32.2. The van der Waals surface area contributed by atoms with Crippen LogP contribution in [0.1, 0.15) is 39.0 Å². The molecule has 1 aromatic rings. The Balaban J connectivity index is 1.98. The van der Waals surface area contributed by atoms with Crippen LogP contribution in [0.15, 0.2) is 23.6 Å². The fourth-order valence-electron chi connectivity index (χ4n) is 2.51. The summed E-state index contributed by atoms with van der Waals surface area (Å²) in [6.07, 6.45) is 10.4. The number of thioether (sulfide) groups is 1. The highest BCUT2D eigenvalue weighted by Crippen LogP contribution is 2.37. The van der Waals surface area contributed by atoms with Crippen molar-refractivity contribution in [2.45, 2.75) is 54.8 Å². The van der Waals surface area contributed by atoms with E-state index in [1.807, 2.05) is 0 Å². The maximum Gasteiger partial charge on any atom is 0.115 e. The largest absolute Gasteiger partial charge is 0.299 e. The second-order valence-corrected chi connectivity index (χ2v) is 6.32. The van der Waals surface area contributed by atoms with Gasteiger partial charge in [-0.2, -0.15) is 5.26 Å². The number of nitrogens with zero attached hydrogens (tertiary/aromatic N) is 3. The van der Waals surface area contributed by atoms with Crippen molar-refractivity contribution in [3.05, 3.63) is 18.6 Å². The van der Waals surface area contributed by atoms with Gasteiger partial charge in [-0.25, -0.2) is 4.98 Å². The number of hydrogen-bond donors (Lipinski definition) is 1. The molecule has 0 amide bonds. The molecular formula is C14H20N4S. The standard InChI is InChI=1S/C14H20N4S/c1-2-6-18-14(11-15)5-3-4-12(9-14)19-13-10-16-7-8-17-13/h7-8,10,12,18H,2-6,9H2,1H3. The molecule has 0 aliphatic heterocycles. The maximum atomic E-state index is 9.50. The number of rotatable bonds is 5. The number of hydrogen-bond acceptors (Lipinski definition) is 5. The molecule has 1 saturated carbocycles. The van der Waals surface area contributed by atoms with E-state index in [2.05, 4.69) is 28.3 Å². The van der Waals surface area contributed by atoms with Crippen molar-refractivity contribution in [3.63, 3.8) is 0 Å². The Morgan fingerprint density at radius 1 is 1.58 bits per heavy atom. The molecule has 1 heterocycles. The Bertz CT molecular complexity index is 431. The Kier molecular flexibility index (Phi) is 5.17. The van der Waals surface area contributed by atoms with E-state index >= 15 is 0 Å². The van der Waals surface area contributed by atoms with Gasteiger partial charge in [-0.3, -0.25) is 10.3 Å². The first-order valence-corrected chi connectivity index (χ1v) is 7.75. The van der Waals surface area contributed by atoms with E-state index in [-0.39, 0.29) is 5.54 Å². The normalized spacial score (nSPS) is 26.8. The van der Waals surface area contributed by atoms with Gasteiger partial charge in [-0.15, -0.1) is 11.8 Å². The summed E-state index contributed by atoms with van der Waals surface area (Å²) in [7, 11) is 0. The van der Waals surface area contributed by atoms with Gasteiger partial charge in [-0.05, 0) is 38.6 Å². The van der Waals surface area contributed by atoms with Crippen molar-refractivity contribution in [3.8, 4) is 6.07 Å². The van der Waals surface area contributed by atoms with Crippen molar-refractivity contribution in [1.29, 1.82) is 5.26 Å². The van der Waals surface area contributed by atoms with Gasteiger partial charge in [0.05, 0.1) is 12.3 Å². The minimum absolute atomic E-state index is 0.339. The first-order chi connectivity index (χ1) is 9.28. The molecule has 2 atom stereocenters. The Morgan fingerprint density at radius 2 is 2.47 bits per heavy atom. The van der Waals surface area contributed by atoms with Crippen LogP contribution in [0.3, 0.4) is 0 Å². The Morgan fingerprint density at radius 3 is 3.16 bits per heavy atom. The van der Waals surface area contributed by atoms with Crippen LogP contribution in [0.2, 0.25) is 0 Å². The summed E-state index contributed by atoms with van der Waals surface area (Å²) in [4.78, 5) is 8.40. The van der Waals surface area contributed by atoms with Crippen LogP contribution in [0.4, 0.5) is 0 Å². The third-order valence-electron chi connectivity index (χ3n) is 3.46. The van der Waals surface area contributed by atoms with Gasteiger partial charge in [0, 0.05) is 17.6 Å². The Hall–Kier alpha value is -1.12. The highest BCUT2D eigenvalue weighted by Gasteiger charge is 2.36. The topological polar surface area (TPSA) is 61.6 Å². The average Bonchev–Trinajstić information content (AvgIpc) is 2.46. The number of aromatic nitrogens is 2. The minimum atomic E-state index is -0.339. The van der Waals surface area contributed by atoms with Crippen LogP contribution < -0.4 is 5.32 Å². The van der Waals surface area contributed by atoms with Crippen molar-refractivity contribution in [2.24, 2.45) is 0 Å². The van der Waals surface area contributed by atoms with Gasteiger partial charge in [0.2, 0.25) is 0 Å². The highest BCUT2D eigenvalue weighted by molar-refractivity contribution is 7.99. The van der Waals surface area contributed by atoms with Crippen LogP contribution >= 0.6 is 11.8 Å². The zero-order valence-electron chi connectivity index (χ0n) is 11.3. The van der Waals surface area contributed by atoms with Gasteiger partial charge in [-0.1, -0.05) is 6.92 Å². The molecule has 1 fully saturated rings. The summed E-state index contributed by atoms with van der Waals surface area (Å²) < 4.78 is 0. The first kappa shape index (κ1) is 14.3. The second-order valence-electron chi connectivity index (χ2n) is 5.00. The monoisotopic (exact) mass is 276 g/mol. The number of nitrogens with one attached hydrogen (secondary N) is 1. The molecule has 102 valence electrons. The predicted octanol–water partition coefficient (Wildman–Crippen LogP) is 2.77. The lowest BCUT2D eigenvalue weighted by atomic mass is 9.82. The van der Waals surface area contributed by atoms with Crippen LogP contribution in [0.5, 0.6) is 0 Å². The molecule has 0 radical (unpaired) electrons. The van der Waals surface area contributed by atoms with E-state index < -0.39 is 0 Å². The van der Waals surface area contributed by atoms with Crippen molar-refractivity contribution in [2.75, 3.05) is 6.54 Å². The van der Waals surface area contributed by atoms with Gasteiger partial charge < -0.3 is 0 Å².